The Hall–Kier alpha value is -3.32. The second kappa shape index (κ2) is 19.1. The van der Waals surface area contributed by atoms with E-state index in [2.05, 4.69) is 66.3 Å². The molecule has 0 bridgehead atoms. The Morgan fingerprint density at radius 3 is 1.86 bits per heavy atom. The number of rotatable bonds is 19. The number of amides is 6. The molecule has 2 rings (SSSR count). The van der Waals surface area contributed by atoms with Crippen LogP contribution in [-0.4, -0.2) is 78.8 Å². The predicted octanol–water partition coefficient (Wildman–Crippen LogP) is 2.36. The average Bonchev–Trinajstić information content (AvgIpc) is 3.27. The highest BCUT2D eigenvalue weighted by atomic mass is 33.1. The van der Waals surface area contributed by atoms with Gasteiger partial charge in [0.2, 0.25) is 23.6 Å². The van der Waals surface area contributed by atoms with Gasteiger partial charge in [0.1, 0.15) is 0 Å². The highest BCUT2D eigenvalue weighted by Gasteiger charge is 2.22. The molecule has 6 amide bonds. The molecule has 1 aliphatic heterocycles. The van der Waals surface area contributed by atoms with Gasteiger partial charge in [-0.15, -0.1) is 0 Å². The van der Waals surface area contributed by atoms with Crippen molar-refractivity contribution in [2.24, 2.45) is 5.41 Å². The molecule has 13 heteroatoms. The van der Waals surface area contributed by atoms with E-state index in [1.165, 1.54) is 22.6 Å². The van der Waals surface area contributed by atoms with Crippen LogP contribution in [0.4, 0.5) is 0 Å². The molecule has 1 heterocycles. The number of nitrogens with one attached hydrogen (secondary N) is 4. The first-order valence-corrected chi connectivity index (χ1v) is 16.7. The van der Waals surface area contributed by atoms with E-state index in [4.69, 9.17) is 0 Å². The quantitative estimate of drug-likeness (QED) is 0.103. The van der Waals surface area contributed by atoms with Gasteiger partial charge in [-0.25, -0.2) is 0 Å². The molecule has 43 heavy (non-hydrogen) atoms. The molecule has 0 spiro atoms. The van der Waals surface area contributed by atoms with Gasteiger partial charge in [0.25, 0.3) is 11.8 Å². The van der Waals surface area contributed by atoms with Crippen LogP contribution >= 0.6 is 21.6 Å². The van der Waals surface area contributed by atoms with Crippen LogP contribution in [0.2, 0.25) is 0 Å². The molecule has 4 N–H and O–H groups in total. The van der Waals surface area contributed by atoms with Gasteiger partial charge in [0.15, 0.2) is 0 Å². The third kappa shape index (κ3) is 16.2. The first-order chi connectivity index (χ1) is 20.4. The lowest BCUT2D eigenvalue weighted by molar-refractivity contribution is -0.137. The Labute approximate surface area is 261 Å². The van der Waals surface area contributed by atoms with Gasteiger partial charge in [-0.2, -0.15) is 0 Å². The van der Waals surface area contributed by atoms with Gasteiger partial charge in [0, 0.05) is 42.3 Å². The lowest BCUT2D eigenvalue weighted by Gasteiger charge is -2.18. The standard InChI is InChI=1S/C30H43N5O6S2/c1-30(2,3)18-22-9-11-23(12-10-22)43-42-17-7-15-31-25(37)19-33-27(39)21-34-26(38)20-32-24(36)8-5-4-6-16-35-28(40)13-14-29(35)41/h9-14H,4-8,15-21H2,1-3H3,(H,31,37)(H,32,36)(H,33,39)(H,34,38). The molecule has 1 aliphatic rings. The summed E-state index contributed by atoms with van der Waals surface area (Å²) in [5, 5.41) is 10.1. The molecule has 0 aliphatic carbocycles. The van der Waals surface area contributed by atoms with E-state index >= 15 is 0 Å². The van der Waals surface area contributed by atoms with Crippen molar-refractivity contribution in [1.29, 1.82) is 0 Å². The third-order valence-corrected chi connectivity index (χ3v) is 8.53. The highest BCUT2D eigenvalue weighted by Crippen LogP contribution is 2.32. The monoisotopic (exact) mass is 633 g/mol. The van der Waals surface area contributed by atoms with Crippen LogP contribution in [0, 0.1) is 5.41 Å². The van der Waals surface area contributed by atoms with Crippen molar-refractivity contribution in [3.63, 3.8) is 0 Å². The van der Waals surface area contributed by atoms with Crippen LogP contribution < -0.4 is 21.3 Å². The number of hydrogen-bond acceptors (Lipinski definition) is 8. The van der Waals surface area contributed by atoms with Crippen LogP contribution in [0.5, 0.6) is 0 Å². The summed E-state index contributed by atoms with van der Waals surface area (Å²) in [5.74, 6) is -1.44. The van der Waals surface area contributed by atoms with Crippen molar-refractivity contribution in [2.45, 2.75) is 64.2 Å². The SMILES string of the molecule is CC(C)(C)Cc1ccc(SSCCCNC(=O)CNC(=O)CNC(=O)CNC(=O)CCCCCN2C(=O)C=CC2=O)cc1. The number of carbonyl (C=O) groups excluding carboxylic acids is 6. The number of nitrogens with zero attached hydrogens (tertiary/aromatic N) is 1. The van der Waals surface area contributed by atoms with Crippen molar-refractivity contribution >= 4 is 57.0 Å². The molecule has 0 radical (unpaired) electrons. The van der Waals surface area contributed by atoms with Crippen molar-refractivity contribution in [3.8, 4) is 0 Å². The number of hydrogen-bond donors (Lipinski definition) is 4. The van der Waals surface area contributed by atoms with Crippen molar-refractivity contribution in [2.75, 3.05) is 38.5 Å². The summed E-state index contributed by atoms with van der Waals surface area (Å²) in [4.78, 5) is 73.0. The second-order valence-corrected chi connectivity index (χ2v) is 13.8. The molecule has 1 aromatic carbocycles. The first kappa shape index (κ1) is 35.9. The lowest BCUT2D eigenvalue weighted by Crippen LogP contribution is -2.44. The van der Waals surface area contributed by atoms with Gasteiger partial charge >= 0.3 is 0 Å². The molecule has 0 saturated heterocycles. The van der Waals surface area contributed by atoms with Gasteiger partial charge < -0.3 is 21.3 Å². The molecule has 0 unspecified atom stereocenters. The Morgan fingerprint density at radius 1 is 0.721 bits per heavy atom. The van der Waals surface area contributed by atoms with Crippen LogP contribution in [0.1, 0.15) is 58.4 Å². The summed E-state index contributed by atoms with van der Waals surface area (Å²) >= 11 is 0. The number of imide groups is 1. The summed E-state index contributed by atoms with van der Waals surface area (Å²) in [5.41, 5.74) is 1.59. The van der Waals surface area contributed by atoms with E-state index in [1.807, 2.05) is 0 Å². The summed E-state index contributed by atoms with van der Waals surface area (Å²) in [7, 11) is 3.43. The normalized spacial score (nSPS) is 12.8. The molecule has 0 atom stereocenters. The van der Waals surface area contributed by atoms with Crippen LogP contribution in [0.25, 0.3) is 0 Å². The zero-order valence-corrected chi connectivity index (χ0v) is 26.8. The van der Waals surface area contributed by atoms with Gasteiger partial charge in [-0.05, 0) is 48.8 Å². The second-order valence-electron chi connectivity index (χ2n) is 11.3. The van der Waals surface area contributed by atoms with Gasteiger partial charge in [-0.3, -0.25) is 33.7 Å². The summed E-state index contributed by atoms with van der Waals surface area (Å²) in [6.07, 6.45) is 6.29. The van der Waals surface area contributed by atoms with Crippen molar-refractivity contribution < 1.29 is 28.8 Å². The maximum absolute atomic E-state index is 12.0. The largest absolute Gasteiger partial charge is 0.355 e. The summed E-state index contributed by atoms with van der Waals surface area (Å²) in [6.45, 7) is 6.72. The average molecular weight is 634 g/mol. The van der Waals surface area contributed by atoms with Crippen molar-refractivity contribution in [3.05, 3.63) is 42.0 Å². The van der Waals surface area contributed by atoms with E-state index in [1.54, 1.807) is 21.6 Å². The fraction of sp³-hybridized carbons (Fsp3) is 0.533. The summed E-state index contributed by atoms with van der Waals surface area (Å²) < 4.78 is 0. The maximum atomic E-state index is 12.0. The lowest BCUT2D eigenvalue weighted by atomic mass is 9.88. The van der Waals surface area contributed by atoms with Gasteiger partial charge in [-0.1, -0.05) is 60.9 Å². The Morgan fingerprint density at radius 2 is 1.28 bits per heavy atom. The number of benzene rings is 1. The maximum Gasteiger partial charge on any atom is 0.253 e. The summed E-state index contributed by atoms with van der Waals surface area (Å²) in [6, 6.07) is 8.61. The minimum atomic E-state index is -0.525. The smallest absolute Gasteiger partial charge is 0.253 e. The molecule has 236 valence electrons. The number of unbranched alkanes of at least 4 members (excludes halogenated alkanes) is 2. The topological polar surface area (TPSA) is 154 Å². The minimum Gasteiger partial charge on any atom is -0.355 e. The zero-order valence-electron chi connectivity index (χ0n) is 25.2. The van der Waals surface area contributed by atoms with Crippen LogP contribution in [0.15, 0.2) is 41.3 Å². The van der Waals surface area contributed by atoms with Crippen LogP contribution in [-0.2, 0) is 35.2 Å². The highest BCUT2D eigenvalue weighted by molar-refractivity contribution is 8.76. The molecule has 0 fully saturated rings. The molecular weight excluding hydrogens is 590 g/mol. The minimum absolute atomic E-state index is 0.190. The first-order valence-electron chi connectivity index (χ1n) is 14.4. The van der Waals surface area contributed by atoms with E-state index in [0.29, 0.717) is 32.4 Å². The fourth-order valence-corrected chi connectivity index (χ4v) is 6.01. The molecule has 11 nitrogen and oxygen atoms in total. The zero-order chi connectivity index (χ0) is 31.7. The van der Waals surface area contributed by atoms with E-state index < -0.39 is 11.8 Å². The van der Waals surface area contributed by atoms with Crippen molar-refractivity contribution in [1.82, 2.24) is 26.2 Å². The molecule has 0 aromatic heterocycles. The van der Waals surface area contributed by atoms with E-state index in [0.717, 1.165) is 23.5 Å². The van der Waals surface area contributed by atoms with E-state index in [9.17, 15) is 28.8 Å². The molecular formula is C30H43N5O6S2. The Bertz CT molecular complexity index is 1130. The Kier molecular flexibility index (Phi) is 15.9. The fourth-order valence-electron chi connectivity index (χ4n) is 3.94. The third-order valence-electron chi connectivity index (χ3n) is 6.06. The molecule has 1 aromatic rings. The molecule has 0 saturated carbocycles. The van der Waals surface area contributed by atoms with Gasteiger partial charge in [0.05, 0.1) is 19.6 Å². The number of carbonyl (C=O) groups is 6. The predicted molar refractivity (Wildman–Crippen MR) is 169 cm³/mol. The van der Waals surface area contributed by atoms with Crippen LogP contribution in [0.3, 0.4) is 0 Å². The Balaban J connectivity index is 1.42. The van der Waals surface area contributed by atoms with E-state index in [-0.39, 0.29) is 55.1 Å².